The lowest BCUT2D eigenvalue weighted by atomic mass is 10.1. The van der Waals surface area contributed by atoms with Crippen molar-refractivity contribution in [2.45, 2.75) is 18.9 Å². The van der Waals surface area contributed by atoms with E-state index < -0.39 is 0 Å². The van der Waals surface area contributed by atoms with Gasteiger partial charge in [0.05, 0.1) is 12.3 Å². The third kappa shape index (κ3) is 2.12. The largest absolute Gasteiger partial charge is 0.392 e. The second kappa shape index (κ2) is 4.24. The first kappa shape index (κ1) is 9.21. The van der Waals surface area contributed by atoms with Crippen molar-refractivity contribution >= 4 is 5.71 Å². The maximum Gasteiger partial charge on any atom is 0.155 e. The molecule has 1 aliphatic heterocycles. The zero-order valence-corrected chi connectivity index (χ0v) is 7.89. The van der Waals surface area contributed by atoms with Gasteiger partial charge in [0, 0.05) is 12.8 Å². The molecule has 1 aromatic rings. The van der Waals surface area contributed by atoms with E-state index in [1.807, 2.05) is 18.2 Å². The van der Waals surface area contributed by atoms with E-state index in [0.29, 0.717) is 0 Å². The summed E-state index contributed by atoms with van der Waals surface area (Å²) in [7, 11) is 0. The van der Waals surface area contributed by atoms with E-state index in [-0.39, 0.29) is 12.7 Å². The maximum absolute atomic E-state index is 8.85. The lowest BCUT2D eigenvalue weighted by Crippen LogP contribution is -2.13. The molecule has 0 saturated heterocycles. The van der Waals surface area contributed by atoms with Crippen LogP contribution < -0.4 is 0 Å². The molecule has 0 saturated carbocycles. The summed E-state index contributed by atoms with van der Waals surface area (Å²) in [5.41, 5.74) is 2.24. The Kier molecular flexibility index (Phi) is 2.79. The Labute approximate surface area is 83.0 Å². The van der Waals surface area contributed by atoms with Crippen LogP contribution in [0.2, 0.25) is 0 Å². The minimum atomic E-state index is -0.131. The Morgan fingerprint density at radius 1 is 1.36 bits per heavy atom. The zero-order valence-electron chi connectivity index (χ0n) is 7.89. The van der Waals surface area contributed by atoms with Gasteiger partial charge in [0.1, 0.15) is 0 Å². The topological polar surface area (TPSA) is 41.8 Å². The van der Waals surface area contributed by atoms with Crippen LogP contribution in [0.5, 0.6) is 0 Å². The third-order valence-corrected chi connectivity index (χ3v) is 2.25. The van der Waals surface area contributed by atoms with Gasteiger partial charge in [0.15, 0.2) is 6.10 Å². The summed E-state index contributed by atoms with van der Waals surface area (Å²) in [6.45, 7) is 0.0434. The summed E-state index contributed by atoms with van der Waals surface area (Å²) >= 11 is 0. The second-order valence-corrected chi connectivity index (χ2v) is 3.43. The van der Waals surface area contributed by atoms with E-state index >= 15 is 0 Å². The molecule has 1 heterocycles. The lowest BCUT2D eigenvalue weighted by molar-refractivity contribution is 0.0390. The first-order chi connectivity index (χ1) is 6.88. The van der Waals surface area contributed by atoms with Crippen LogP contribution in [-0.2, 0) is 11.3 Å². The molecule has 0 bridgehead atoms. The fraction of sp³-hybridized carbons (Fsp3) is 0.364. The molecular weight excluding hydrogens is 178 g/mol. The van der Waals surface area contributed by atoms with Crippen molar-refractivity contribution in [1.29, 1.82) is 0 Å². The van der Waals surface area contributed by atoms with E-state index in [1.54, 1.807) is 0 Å². The molecule has 0 aromatic heterocycles. The van der Waals surface area contributed by atoms with Gasteiger partial charge < -0.3 is 9.94 Å². The molecule has 0 unspecified atom stereocenters. The van der Waals surface area contributed by atoms with E-state index in [2.05, 4.69) is 17.3 Å². The van der Waals surface area contributed by atoms with Gasteiger partial charge in [-0.3, -0.25) is 0 Å². The van der Waals surface area contributed by atoms with Gasteiger partial charge >= 0.3 is 0 Å². The molecule has 3 nitrogen and oxygen atoms in total. The van der Waals surface area contributed by atoms with Gasteiger partial charge in [-0.05, 0) is 5.56 Å². The molecule has 1 atom stereocenters. The van der Waals surface area contributed by atoms with Gasteiger partial charge in [-0.25, -0.2) is 0 Å². The Morgan fingerprint density at radius 2 is 2.14 bits per heavy atom. The summed E-state index contributed by atoms with van der Waals surface area (Å²) in [6.07, 6.45) is 1.43. The van der Waals surface area contributed by atoms with E-state index in [1.165, 1.54) is 5.56 Å². The minimum absolute atomic E-state index is 0.0434. The van der Waals surface area contributed by atoms with E-state index in [4.69, 9.17) is 9.94 Å². The number of aliphatic hydroxyl groups is 1. The van der Waals surface area contributed by atoms with Crippen LogP contribution in [0.3, 0.4) is 0 Å². The summed E-state index contributed by atoms with van der Waals surface area (Å²) < 4.78 is 0. The van der Waals surface area contributed by atoms with Gasteiger partial charge in [-0.15, -0.1) is 0 Å². The molecule has 1 N–H and O–H groups in total. The number of benzene rings is 1. The monoisotopic (exact) mass is 191 g/mol. The Morgan fingerprint density at radius 3 is 2.79 bits per heavy atom. The Balaban J connectivity index is 1.94. The first-order valence-electron chi connectivity index (χ1n) is 4.75. The normalized spacial score (nSPS) is 20.4. The molecule has 0 fully saturated rings. The zero-order chi connectivity index (χ0) is 9.80. The number of oxime groups is 1. The van der Waals surface area contributed by atoms with Crippen LogP contribution in [0.25, 0.3) is 0 Å². The predicted octanol–water partition coefficient (Wildman–Crippen LogP) is 1.37. The molecule has 0 amide bonds. The predicted molar refractivity (Wildman–Crippen MR) is 54.2 cm³/mol. The van der Waals surface area contributed by atoms with Gasteiger partial charge in [0.25, 0.3) is 0 Å². The van der Waals surface area contributed by atoms with Crippen LogP contribution in [-0.4, -0.2) is 23.5 Å². The fourth-order valence-electron chi connectivity index (χ4n) is 1.52. The van der Waals surface area contributed by atoms with Crippen LogP contribution in [0.1, 0.15) is 12.0 Å². The Hall–Kier alpha value is -1.35. The van der Waals surface area contributed by atoms with E-state index in [0.717, 1.165) is 18.6 Å². The standard InChI is InChI=1S/C11H13NO2/c13-8-11-7-10(12-14-11)6-9-4-2-1-3-5-9/h1-5,11,13H,6-8H2/t11-/m1/s1. The summed E-state index contributed by atoms with van der Waals surface area (Å²) in [5.74, 6) is 0. The highest BCUT2D eigenvalue weighted by Crippen LogP contribution is 2.13. The van der Waals surface area contributed by atoms with Crippen LogP contribution >= 0.6 is 0 Å². The number of hydrogen-bond acceptors (Lipinski definition) is 3. The van der Waals surface area contributed by atoms with E-state index in [9.17, 15) is 0 Å². The van der Waals surface area contributed by atoms with Gasteiger partial charge in [-0.1, -0.05) is 35.5 Å². The average Bonchev–Trinajstić information content (AvgIpc) is 2.67. The summed E-state index contributed by atoms with van der Waals surface area (Å²) in [4.78, 5) is 5.02. The molecule has 0 radical (unpaired) electrons. The number of hydrogen-bond donors (Lipinski definition) is 1. The van der Waals surface area contributed by atoms with Gasteiger partial charge in [0.2, 0.25) is 0 Å². The highest BCUT2D eigenvalue weighted by atomic mass is 16.6. The van der Waals surface area contributed by atoms with Crippen LogP contribution in [0.4, 0.5) is 0 Å². The molecule has 74 valence electrons. The van der Waals surface area contributed by atoms with Gasteiger partial charge in [-0.2, -0.15) is 0 Å². The SMILES string of the molecule is OC[C@H]1CC(Cc2ccccc2)=NO1. The van der Waals surface area contributed by atoms with Crippen molar-refractivity contribution in [3.8, 4) is 0 Å². The van der Waals surface area contributed by atoms with Crippen molar-refractivity contribution in [2.75, 3.05) is 6.61 Å². The third-order valence-electron chi connectivity index (χ3n) is 2.25. The lowest BCUT2D eigenvalue weighted by Gasteiger charge is -2.01. The highest BCUT2D eigenvalue weighted by Gasteiger charge is 2.19. The Bertz CT molecular complexity index is 321. The summed E-state index contributed by atoms with van der Waals surface area (Å²) in [5, 5.41) is 12.8. The van der Waals surface area contributed by atoms with Crippen LogP contribution in [0, 0.1) is 0 Å². The number of rotatable bonds is 3. The molecule has 1 aliphatic rings. The molecule has 14 heavy (non-hydrogen) atoms. The van der Waals surface area contributed by atoms with Crippen molar-refractivity contribution in [2.24, 2.45) is 5.16 Å². The number of nitrogens with zero attached hydrogens (tertiary/aromatic N) is 1. The molecular formula is C11H13NO2. The minimum Gasteiger partial charge on any atom is -0.392 e. The highest BCUT2D eigenvalue weighted by molar-refractivity contribution is 5.87. The molecule has 3 heteroatoms. The molecule has 0 spiro atoms. The maximum atomic E-state index is 8.85. The van der Waals surface area contributed by atoms with Crippen LogP contribution in [0.15, 0.2) is 35.5 Å². The van der Waals surface area contributed by atoms with Crippen molar-refractivity contribution in [3.05, 3.63) is 35.9 Å². The van der Waals surface area contributed by atoms with Crippen molar-refractivity contribution in [1.82, 2.24) is 0 Å². The van der Waals surface area contributed by atoms with Crippen molar-refractivity contribution < 1.29 is 9.94 Å². The second-order valence-electron chi connectivity index (χ2n) is 3.43. The average molecular weight is 191 g/mol. The molecule has 1 aromatic carbocycles. The fourth-order valence-corrected chi connectivity index (χ4v) is 1.52. The quantitative estimate of drug-likeness (QED) is 0.784. The summed E-state index contributed by atoms with van der Waals surface area (Å²) in [6, 6.07) is 10.1. The first-order valence-corrected chi connectivity index (χ1v) is 4.75. The molecule has 2 rings (SSSR count). The smallest absolute Gasteiger partial charge is 0.155 e. The van der Waals surface area contributed by atoms with Crippen molar-refractivity contribution in [3.63, 3.8) is 0 Å². The number of aliphatic hydroxyl groups excluding tert-OH is 1. The molecule has 0 aliphatic carbocycles.